The summed E-state index contributed by atoms with van der Waals surface area (Å²) in [5, 5.41) is 9.85. The van der Waals surface area contributed by atoms with Gasteiger partial charge in [0, 0.05) is 31.4 Å². The molecule has 1 aromatic heterocycles. The Kier molecular flexibility index (Phi) is 6.74. The first-order chi connectivity index (χ1) is 14.8. The predicted molar refractivity (Wildman–Crippen MR) is 122 cm³/mol. The normalized spacial score (nSPS) is 14.4. The Morgan fingerprint density at radius 1 is 1.10 bits per heavy atom. The maximum atomic E-state index is 5.82. The maximum Gasteiger partial charge on any atom is 0.215 e. The average Bonchev–Trinajstić information content (AvgIpc) is 2.80. The molecule has 0 aliphatic carbocycles. The van der Waals surface area contributed by atoms with Crippen LogP contribution in [0.15, 0.2) is 59.7 Å². The minimum atomic E-state index is 0.558. The first-order valence-electron chi connectivity index (χ1n) is 10.2. The second-order valence-corrected chi connectivity index (χ2v) is 7.07. The van der Waals surface area contributed by atoms with E-state index >= 15 is 0 Å². The highest BCUT2D eigenvalue weighted by molar-refractivity contribution is 5.86. The second kappa shape index (κ2) is 10.0. The SMILES string of the molecule is CNCCOc1cc(N2CCOCC2)cc(/C=N/Nc2ccc3ccccc3c2)n1. The van der Waals surface area contributed by atoms with Crippen molar-refractivity contribution in [1.82, 2.24) is 10.3 Å². The van der Waals surface area contributed by atoms with Gasteiger partial charge < -0.3 is 19.7 Å². The van der Waals surface area contributed by atoms with Gasteiger partial charge >= 0.3 is 0 Å². The van der Waals surface area contributed by atoms with Crippen molar-refractivity contribution in [2.24, 2.45) is 5.10 Å². The number of aromatic nitrogens is 1. The summed E-state index contributed by atoms with van der Waals surface area (Å²) in [6.45, 7) is 4.48. The fourth-order valence-corrected chi connectivity index (χ4v) is 3.35. The number of nitrogens with zero attached hydrogens (tertiary/aromatic N) is 3. The summed E-state index contributed by atoms with van der Waals surface area (Å²) in [6.07, 6.45) is 1.73. The molecule has 0 unspecified atom stereocenters. The van der Waals surface area contributed by atoms with E-state index in [1.807, 2.05) is 37.4 Å². The molecule has 2 heterocycles. The van der Waals surface area contributed by atoms with Crippen LogP contribution in [-0.4, -0.2) is 57.7 Å². The van der Waals surface area contributed by atoms with E-state index in [9.17, 15) is 0 Å². The van der Waals surface area contributed by atoms with Crippen LogP contribution in [0.4, 0.5) is 11.4 Å². The monoisotopic (exact) mass is 405 g/mol. The van der Waals surface area contributed by atoms with Gasteiger partial charge in [0.1, 0.15) is 6.61 Å². The van der Waals surface area contributed by atoms with Crippen molar-refractivity contribution in [2.75, 3.05) is 56.8 Å². The molecule has 7 nitrogen and oxygen atoms in total. The summed E-state index contributed by atoms with van der Waals surface area (Å²) in [6, 6.07) is 18.4. The third-order valence-electron chi connectivity index (χ3n) is 4.92. The highest BCUT2D eigenvalue weighted by Gasteiger charge is 2.13. The molecule has 4 rings (SSSR count). The van der Waals surface area contributed by atoms with Gasteiger partial charge in [-0.1, -0.05) is 30.3 Å². The molecule has 1 aliphatic heterocycles. The highest BCUT2D eigenvalue weighted by Crippen LogP contribution is 2.22. The molecule has 30 heavy (non-hydrogen) atoms. The van der Waals surface area contributed by atoms with E-state index < -0.39 is 0 Å². The van der Waals surface area contributed by atoms with Gasteiger partial charge in [-0.2, -0.15) is 5.10 Å². The van der Waals surface area contributed by atoms with E-state index in [1.165, 1.54) is 10.8 Å². The lowest BCUT2D eigenvalue weighted by atomic mass is 10.1. The molecule has 156 valence electrons. The zero-order valence-electron chi connectivity index (χ0n) is 17.2. The lowest BCUT2D eigenvalue weighted by Crippen LogP contribution is -2.36. The molecule has 1 saturated heterocycles. The van der Waals surface area contributed by atoms with E-state index in [1.54, 1.807) is 6.21 Å². The average molecular weight is 406 g/mol. The molecule has 0 spiro atoms. The quantitative estimate of drug-likeness (QED) is 0.341. The van der Waals surface area contributed by atoms with Crippen molar-refractivity contribution in [3.63, 3.8) is 0 Å². The molecule has 1 fully saturated rings. The van der Waals surface area contributed by atoms with Crippen LogP contribution in [-0.2, 0) is 4.74 Å². The Hall–Kier alpha value is -3.16. The van der Waals surface area contributed by atoms with Crippen LogP contribution in [0.3, 0.4) is 0 Å². The zero-order chi connectivity index (χ0) is 20.6. The van der Waals surface area contributed by atoms with E-state index in [0.717, 1.165) is 49.9 Å². The van der Waals surface area contributed by atoms with Crippen molar-refractivity contribution in [3.05, 3.63) is 60.3 Å². The minimum Gasteiger partial charge on any atom is -0.476 e. The Morgan fingerprint density at radius 2 is 1.93 bits per heavy atom. The van der Waals surface area contributed by atoms with Gasteiger partial charge in [0.15, 0.2) is 0 Å². The number of benzene rings is 2. The number of morpholine rings is 1. The number of anilines is 2. The number of hydrazone groups is 1. The summed E-state index contributed by atoms with van der Waals surface area (Å²) in [5.41, 5.74) is 5.84. The van der Waals surface area contributed by atoms with Crippen LogP contribution >= 0.6 is 0 Å². The molecular weight excluding hydrogens is 378 g/mol. The molecule has 0 atom stereocenters. The summed E-state index contributed by atoms with van der Waals surface area (Å²) in [4.78, 5) is 6.87. The van der Waals surface area contributed by atoms with Gasteiger partial charge in [-0.05, 0) is 36.0 Å². The molecule has 0 radical (unpaired) electrons. The Balaban J connectivity index is 1.50. The summed E-state index contributed by atoms with van der Waals surface area (Å²) < 4.78 is 11.3. The van der Waals surface area contributed by atoms with Crippen molar-refractivity contribution in [1.29, 1.82) is 0 Å². The molecule has 1 aliphatic rings. The maximum absolute atomic E-state index is 5.82. The first kappa shape index (κ1) is 20.1. The van der Waals surface area contributed by atoms with Crippen LogP contribution in [0.5, 0.6) is 5.88 Å². The Morgan fingerprint density at radius 3 is 2.77 bits per heavy atom. The van der Waals surface area contributed by atoms with Crippen LogP contribution in [0.2, 0.25) is 0 Å². The fraction of sp³-hybridized carbons (Fsp3) is 0.304. The van der Waals surface area contributed by atoms with Crippen molar-refractivity contribution in [3.8, 4) is 5.88 Å². The fourth-order valence-electron chi connectivity index (χ4n) is 3.35. The van der Waals surface area contributed by atoms with Crippen molar-refractivity contribution < 1.29 is 9.47 Å². The molecule has 7 heteroatoms. The standard InChI is InChI=1S/C23H27N5O2/c1-24-8-11-30-23-16-22(28-9-12-29-13-10-28)15-21(26-23)17-25-27-20-7-6-18-4-2-3-5-19(18)14-20/h2-7,14-17,24,27H,8-13H2,1H3/b25-17+. The second-order valence-electron chi connectivity index (χ2n) is 7.07. The van der Waals surface area contributed by atoms with Crippen molar-refractivity contribution in [2.45, 2.75) is 0 Å². The van der Waals surface area contributed by atoms with Crippen LogP contribution in [0, 0.1) is 0 Å². The molecular formula is C23H27N5O2. The van der Waals surface area contributed by atoms with Crippen LogP contribution in [0.25, 0.3) is 10.8 Å². The van der Waals surface area contributed by atoms with E-state index in [2.05, 4.69) is 50.0 Å². The molecule has 0 saturated carbocycles. The van der Waals surface area contributed by atoms with E-state index in [-0.39, 0.29) is 0 Å². The number of fused-ring (bicyclic) bond motifs is 1. The number of hydrogen-bond donors (Lipinski definition) is 2. The number of ether oxygens (including phenoxy) is 2. The van der Waals surface area contributed by atoms with E-state index in [4.69, 9.17) is 9.47 Å². The summed E-state index contributed by atoms with van der Waals surface area (Å²) in [5.74, 6) is 0.599. The predicted octanol–water partition coefficient (Wildman–Crippen LogP) is 3.12. The number of hydrogen-bond acceptors (Lipinski definition) is 7. The summed E-state index contributed by atoms with van der Waals surface area (Å²) >= 11 is 0. The highest BCUT2D eigenvalue weighted by atomic mass is 16.5. The molecule has 0 bridgehead atoms. The Bertz CT molecular complexity index is 1000. The van der Waals surface area contributed by atoms with E-state index in [0.29, 0.717) is 12.5 Å². The third-order valence-corrected chi connectivity index (χ3v) is 4.92. The first-order valence-corrected chi connectivity index (χ1v) is 10.2. The Labute approximate surface area is 176 Å². The van der Waals surface area contributed by atoms with Gasteiger partial charge in [-0.15, -0.1) is 0 Å². The summed E-state index contributed by atoms with van der Waals surface area (Å²) in [7, 11) is 1.90. The van der Waals surface area contributed by atoms with Gasteiger partial charge in [-0.25, -0.2) is 4.98 Å². The number of rotatable bonds is 8. The largest absolute Gasteiger partial charge is 0.476 e. The van der Waals surface area contributed by atoms with Gasteiger partial charge in [0.2, 0.25) is 5.88 Å². The minimum absolute atomic E-state index is 0.558. The lowest BCUT2D eigenvalue weighted by molar-refractivity contribution is 0.122. The van der Waals surface area contributed by atoms with Crippen molar-refractivity contribution >= 4 is 28.4 Å². The van der Waals surface area contributed by atoms with Gasteiger partial charge in [0.25, 0.3) is 0 Å². The molecule has 0 amide bonds. The number of likely N-dealkylation sites (N-methyl/N-ethyl adjacent to an activating group) is 1. The van der Waals surface area contributed by atoms with Gasteiger partial charge in [-0.3, -0.25) is 5.43 Å². The third kappa shape index (κ3) is 5.25. The zero-order valence-corrected chi connectivity index (χ0v) is 17.2. The molecule has 2 aromatic carbocycles. The number of nitrogens with one attached hydrogen (secondary N) is 2. The smallest absolute Gasteiger partial charge is 0.215 e. The lowest BCUT2D eigenvalue weighted by Gasteiger charge is -2.29. The van der Waals surface area contributed by atoms with Crippen LogP contribution in [0.1, 0.15) is 5.69 Å². The van der Waals surface area contributed by atoms with Crippen LogP contribution < -0.4 is 20.4 Å². The van der Waals surface area contributed by atoms with Gasteiger partial charge in [0.05, 0.1) is 30.8 Å². The molecule has 2 N–H and O–H groups in total. The molecule has 3 aromatic rings. The topological polar surface area (TPSA) is 71.0 Å². The number of pyridine rings is 1.